The second-order valence-corrected chi connectivity index (χ2v) is 5.52. The van der Waals surface area contributed by atoms with E-state index in [-0.39, 0.29) is 0 Å². The molecule has 1 aliphatic rings. The Labute approximate surface area is 113 Å². The topological polar surface area (TPSA) is 65.9 Å². The number of nitrogens with two attached hydrogens (primary N) is 1. The van der Waals surface area contributed by atoms with Gasteiger partial charge in [-0.2, -0.15) is 0 Å². The van der Waals surface area contributed by atoms with Crippen LogP contribution in [0.4, 0.5) is 0 Å². The maximum Gasteiger partial charge on any atom is 0.0459 e. The van der Waals surface area contributed by atoms with Crippen molar-refractivity contribution in [2.24, 2.45) is 11.8 Å². The Hall–Kier alpha value is -1.36. The van der Waals surface area contributed by atoms with Gasteiger partial charge in [0.05, 0.1) is 0 Å². The van der Waals surface area contributed by atoms with Gasteiger partial charge in [0.1, 0.15) is 0 Å². The Kier molecular flexibility index (Phi) is 3.82. The van der Waals surface area contributed by atoms with Gasteiger partial charge in [0.25, 0.3) is 0 Å². The van der Waals surface area contributed by atoms with Crippen molar-refractivity contribution in [3.63, 3.8) is 0 Å². The summed E-state index contributed by atoms with van der Waals surface area (Å²) < 4.78 is 0. The summed E-state index contributed by atoms with van der Waals surface area (Å²) in [5, 5.41) is 4.81. The van der Waals surface area contributed by atoms with Crippen LogP contribution >= 0.6 is 0 Å². The molecule has 4 heteroatoms. The molecule has 1 fully saturated rings. The van der Waals surface area contributed by atoms with Crippen LogP contribution in [-0.2, 0) is 13.1 Å². The van der Waals surface area contributed by atoms with E-state index in [0.29, 0.717) is 6.54 Å². The Morgan fingerprint density at radius 1 is 1.21 bits per heavy atom. The summed E-state index contributed by atoms with van der Waals surface area (Å²) >= 11 is 0. The average Bonchev–Trinajstić information content (AvgIpc) is 2.74. The summed E-state index contributed by atoms with van der Waals surface area (Å²) in [4.78, 5) is 3.47. The number of hydrazine groups is 1. The van der Waals surface area contributed by atoms with E-state index < -0.39 is 0 Å². The highest BCUT2D eigenvalue weighted by Crippen LogP contribution is 2.25. The Morgan fingerprint density at radius 2 is 2.11 bits per heavy atom. The van der Waals surface area contributed by atoms with Gasteiger partial charge in [-0.15, -0.1) is 0 Å². The summed E-state index contributed by atoms with van der Waals surface area (Å²) in [5.74, 6) is 6.26. The average molecular weight is 258 g/mol. The first-order valence-electron chi connectivity index (χ1n) is 7.10. The summed E-state index contributed by atoms with van der Waals surface area (Å²) in [6.07, 6.45) is 4.21. The number of nitrogens with one attached hydrogen (secondary N) is 3. The molecule has 1 aromatic heterocycles. The van der Waals surface area contributed by atoms with Crippen molar-refractivity contribution in [1.82, 2.24) is 15.7 Å². The van der Waals surface area contributed by atoms with E-state index in [1.807, 2.05) is 0 Å². The van der Waals surface area contributed by atoms with Crippen LogP contribution in [0.25, 0.3) is 10.9 Å². The molecule has 0 radical (unpaired) electrons. The first-order valence-corrected chi connectivity index (χ1v) is 7.10. The standard InChI is InChI=1S/C15H22N4/c16-18-9-12-4-5-13-7-14(19-15(13)6-12)10-17-8-11-2-1-3-11/h4-7,11,17-19H,1-3,8-10,16H2. The molecule has 1 saturated carbocycles. The molecule has 0 spiro atoms. The number of aromatic nitrogens is 1. The van der Waals surface area contributed by atoms with Gasteiger partial charge in [0, 0.05) is 24.3 Å². The number of aromatic amines is 1. The molecule has 4 nitrogen and oxygen atoms in total. The molecule has 0 unspecified atom stereocenters. The first kappa shape index (κ1) is 12.7. The third-order valence-electron chi connectivity index (χ3n) is 4.02. The molecule has 1 heterocycles. The minimum Gasteiger partial charge on any atom is -0.357 e. The molecule has 1 aliphatic carbocycles. The number of H-pyrrole nitrogens is 1. The largest absolute Gasteiger partial charge is 0.357 e. The van der Waals surface area contributed by atoms with Crippen LogP contribution in [-0.4, -0.2) is 11.5 Å². The van der Waals surface area contributed by atoms with Crippen LogP contribution in [0.1, 0.15) is 30.5 Å². The van der Waals surface area contributed by atoms with E-state index in [0.717, 1.165) is 19.0 Å². The van der Waals surface area contributed by atoms with Crippen molar-refractivity contribution in [2.45, 2.75) is 32.4 Å². The monoisotopic (exact) mass is 258 g/mol. The predicted octanol–water partition coefficient (Wildman–Crippen LogP) is 2.02. The van der Waals surface area contributed by atoms with Gasteiger partial charge in [-0.05, 0) is 48.4 Å². The molecular weight excluding hydrogens is 236 g/mol. The van der Waals surface area contributed by atoms with Crippen LogP contribution in [0.5, 0.6) is 0 Å². The third-order valence-corrected chi connectivity index (χ3v) is 4.02. The summed E-state index contributed by atoms with van der Waals surface area (Å²) in [5.41, 5.74) is 6.33. The van der Waals surface area contributed by atoms with Gasteiger partial charge in [-0.25, -0.2) is 0 Å². The Balaban J connectivity index is 1.63. The van der Waals surface area contributed by atoms with E-state index >= 15 is 0 Å². The second kappa shape index (κ2) is 5.74. The lowest BCUT2D eigenvalue weighted by Crippen LogP contribution is -2.26. The minimum absolute atomic E-state index is 0.699. The molecule has 0 amide bonds. The number of hydrogen-bond donors (Lipinski definition) is 4. The smallest absolute Gasteiger partial charge is 0.0459 e. The quantitative estimate of drug-likeness (QED) is 0.473. The molecular formula is C15H22N4. The molecule has 5 N–H and O–H groups in total. The van der Waals surface area contributed by atoms with Gasteiger partial charge in [0.15, 0.2) is 0 Å². The molecule has 2 aromatic rings. The van der Waals surface area contributed by atoms with Crippen molar-refractivity contribution in [2.75, 3.05) is 6.54 Å². The van der Waals surface area contributed by atoms with E-state index in [1.54, 1.807) is 0 Å². The van der Waals surface area contributed by atoms with Crippen LogP contribution in [0.15, 0.2) is 24.3 Å². The highest BCUT2D eigenvalue weighted by Gasteiger charge is 2.16. The molecule has 3 rings (SSSR count). The van der Waals surface area contributed by atoms with Crippen molar-refractivity contribution < 1.29 is 0 Å². The fourth-order valence-corrected chi connectivity index (χ4v) is 2.67. The van der Waals surface area contributed by atoms with Gasteiger partial charge in [0.2, 0.25) is 0 Å². The second-order valence-electron chi connectivity index (χ2n) is 5.52. The van der Waals surface area contributed by atoms with Crippen molar-refractivity contribution in [3.8, 4) is 0 Å². The van der Waals surface area contributed by atoms with Crippen LogP contribution < -0.4 is 16.6 Å². The SMILES string of the molecule is NNCc1ccc2cc(CNCC3CCC3)[nH]c2c1. The van der Waals surface area contributed by atoms with E-state index in [2.05, 4.69) is 40.0 Å². The van der Waals surface area contributed by atoms with Crippen molar-refractivity contribution in [3.05, 3.63) is 35.5 Å². The third kappa shape index (κ3) is 2.97. The zero-order chi connectivity index (χ0) is 13.1. The fraction of sp³-hybridized carbons (Fsp3) is 0.467. The maximum atomic E-state index is 5.35. The van der Waals surface area contributed by atoms with E-state index in [4.69, 9.17) is 5.84 Å². The number of fused-ring (bicyclic) bond motifs is 1. The van der Waals surface area contributed by atoms with Gasteiger partial charge < -0.3 is 10.3 Å². The van der Waals surface area contributed by atoms with Gasteiger partial charge in [-0.1, -0.05) is 18.6 Å². The minimum atomic E-state index is 0.699. The Morgan fingerprint density at radius 3 is 2.84 bits per heavy atom. The normalized spacial score (nSPS) is 15.8. The fourth-order valence-electron chi connectivity index (χ4n) is 2.67. The summed E-state index contributed by atoms with van der Waals surface area (Å²) in [7, 11) is 0. The molecule has 0 atom stereocenters. The van der Waals surface area contributed by atoms with Gasteiger partial charge in [-0.3, -0.25) is 11.3 Å². The first-order chi connectivity index (χ1) is 9.35. The molecule has 102 valence electrons. The number of benzene rings is 1. The zero-order valence-electron chi connectivity index (χ0n) is 11.2. The Bertz CT molecular complexity index is 542. The maximum absolute atomic E-state index is 5.35. The summed E-state index contributed by atoms with van der Waals surface area (Å²) in [6.45, 7) is 2.78. The van der Waals surface area contributed by atoms with Crippen LogP contribution in [0.2, 0.25) is 0 Å². The van der Waals surface area contributed by atoms with E-state index in [9.17, 15) is 0 Å². The highest BCUT2D eigenvalue weighted by molar-refractivity contribution is 5.81. The van der Waals surface area contributed by atoms with Crippen molar-refractivity contribution >= 4 is 10.9 Å². The van der Waals surface area contributed by atoms with E-state index in [1.165, 1.54) is 41.4 Å². The number of hydrogen-bond acceptors (Lipinski definition) is 3. The summed E-state index contributed by atoms with van der Waals surface area (Å²) in [6, 6.07) is 8.64. The lowest BCUT2D eigenvalue weighted by Gasteiger charge is -2.25. The highest BCUT2D eigenvalue weighted by atomic mass is 15.2. The lowest BCUT2D eigenvalue weighted by molar-refractivity contribution is 0.301. The van der Waals surface area contributed by atoms with Crippen LogP contribution in [0, 0.1) is 5.92 Å². The lowest BCUT2D eigenvalue weighted by atomic mass is 9.85. The van der Waals surface area contributed by atoms with Crippen molar-refractivity contribution in [1.29, 1.82) is 0 Å². The zero-order valence-corrected chi connectivity index (χ0v) is 11.2. The van der Waals surface area contributed by atoms with Crippen LogP contribution in [0.3, 0.4) is 0 Å². The molecule has 1 aromatic carbocycles. The molecule has 0 saturated heterocycles. The molecule has 19 heavy (non-hydrogen) atoms. The van der Waals surface area contributed by atoms with Gasteiger partial charge >= 0.3 is 0 Å². The molecule has 0 bridgehead atoms. The predicted molar refractivity (Wildman–Crippen MR) is 78.4 cm³/mol. The number of rotatable bonds is 6. The molecule has 0 aliphatic heterocycles.